The first-order valence-corrected chi connectivity index (χ1v) is 11.3. The molecular formula is C19H16ClN3O3S2. The molecule has 0 fully saturated rings. The van der Waals surface area contributed by atoms with Crippen LogP contribution in [0.5, 0.6) is 0 Å². The van der Waals surface area contributed by atoms with Gasteiger partial charge in [-0.3, -0.25) is 9.52 Å². The average Bonchev–Trinajstić information content (AvgIpc) is 3.20. The molecule has 1 amide bonds. The van der Waals surface area contributed by atoms with Gasteiger partial charge in [-0.1, -0.05) is 23.7 Å². The lowest BCUT2D eigenvalue weighted by atomic mass is 9.99. The number of hydrogen-bond donors (Lipinski definition) is 1. The summed E-state index contributed by atoms with van der Waals surface area (Å²) in [7, 11) is -3.74. The predicted molar refractivity (Wildman–Crippen MR) is 109 cm³/mol. The van der Waals surface area contributed by atoms with Gasteiger partial charge in [0.1, 0.15) is 0 Å². The summed E-state index contributed by atoms with van der Waals surface area (Å²) in [6.45, 7) is 1.06. The molecule has 0 saturated heterocycles. The Morgan fingerprint density at radius 2 is 1.96 bits per heavy atom. The van der Waals surface area contributed by atoms with E-state index in [-0.39, 0.29) is 10.8 Å². The van der Waals surface area contributed by atoms with Crippen molar-refractivity contribution in [3.63, 3.8) is 0 Å². The third-order valence-electron chi connectivity index (χ3n) is 4.56. The minimum absolute atomic E-state index is 0.0787. The van der Waals surface area contributed by atoms with Gasteiger partial charge >= 0.3 is 0 Å². The molecule has 1 N–H and O–H groups in total. The summed E-state index contributed by atoms with van der Waals surface area (Å²) in [5.74, 6) is -0.137. The maximum Gasteiger partial charge on any atom is 0.263 e. The van der Waals surface area contributed by atoms with Crippen molar-refractivity contribution in [3.8, 4) is 0 Å². The van der Waals surface area contributed by atoms with Crippen molar-refractivity contribution in [2.45, 2.75) is 17.9 Å². The number of thiazole rings is 1. The van der Waals surface area contributed by atoms with Crippen molar-refractivity contribution in [1.82, 2.24) is 9.88 Å². The molecule has 0 atom stereocenters. The second kappa shape index (κ2) is 7.54. The zero-order valence-electron chi connectivity index (χ0n) is 14.6. The number of amides is 1. The summed E-state index contributed by atoms with van der Waals surface area (Å²) in [4.78, 5) is 18.6. The number of carbonyl (C=O) groups excluding carboxylic acids is 1. The second-order valence-corrected chi connectivity index (χ2v) is 9.31. The Kier molecular flexibility index (Phi) is 5.09. The maximum absolute atomic E-state index is 12.8. The molecular weight excluding hydrogens is 418 g/mol. The number of nitrogens with zero attached hydrogens (tertiary/aromatic N) is 2. The molecule has 0 radical (unpaired) electrons. The van der Waals surface area contributed by atoms with Crippen molar-refractivity contribution in [3.05, 3.63) is 75.8 Å². The number of rotatable bonds is 4. The molecule has 2 aromatic carbocycles. The Labute approximate surface area is 171 Å². The number of sulfonamides is 1. The van der Waals surface area contributed by atoms with Crippen LogP contribution in [-0.4, -0.2) is 30.8 Å². The molecule has 0 saturated carbocycles. The topological polar surface area (TPSA) is 79.4 Å². The molecule has 1 aromatic heterocycles. The number of anilines is 1. The van der Waals surface area contributed by atoms with Crippen LogP contribution >= 0.6 is 22.9 Å². The predicted octanol–water partition coefficient (Wildman–Crippen LogP) is 3.80. The van der Waals surface area contributed by atoms with E-state index in [0.29, 0.717) is 30.2 Å². The van der Waals surface area contributed by atoms with Gasteiger partial charge in [-0.25, -0.2) is 13.4 Å². The molecule has 0 aliphatic carbocycles. The van der Waals surface area contributed by atoms with Gasteiger partial charge in [0.25, 0.3) is 15.9 Å². The highest BCUT2D eigenvalue weighted by molar-refractivity contribution is 7.93. The van der Waals surface area contributed by atoms with E-state index in [1.165, 1.54) is 41.8 Å². The first-order valence-electron chi connectivity index (χ1n) is 8.52. The van der Waals surface area contributed by atoms with Crippen LogP contribution in [0.4, 0.5) is 5.13 Å². The van der Waals surface area contributed by atoms with Crippen LogP contribution < -0.4 is 4.72 Å². The molecule has 2 heterocycles. The lowest BCUT2D eigenvalue weighted by Crippen LogP contribution is -2.36. The highest BCUT2D eigenvalue weighted by Gasteiger charge is 2.23. The van der Waals surface area contributed by atoms with Crippen LogP contribution in [0.15, 0.2) is 58.9 Å². The van der Waals surface area contributed by atoms with Gasteiger partial charge in [0, 0.05) is 35.3 Å². The summed E-state index contributed by atoms with van der Waals surface area (Å²) >= 11 is 7.42. The Bertz CT molecular complexity index is 1110. The van der Waals surface area contributed by atoms with E-state index in [2.05, 4.69) is 9.71 Å². The molecule has 4 rings (SSSR count). The SMILES string of the molecule is O=C(c1ccc(S(=O)(=O)Nc2nccs2)cc1)N1CCc2c(Cl)cccc2C1. The average molecular weight is 434 g/mol. The lowest BCUT2D eigenvalue weighted by molar-refractivity contribution is 0.0734. The van der Waals surface area contributed by atoms with Gasteiger partial charge in [-0.05, 0) is 47.9 Å². The first-order chi connectivity index (χ1) is 13.4. The van der Waals surface area contributed by atoms with E-state index in [1.807, 2.05) is 18.2 Å². The highest BCUT2D eigenvalue weighted by Crippen LogP contribution is 2.27. The van der Waals surface area contributed by atoms with Crippen molar-refractivity contribution in [1.29, 1.82) is 0 Å². The van der Waals surface area contributed by atoms with Gasteiger partial charge in [-0.2, -0.15) is 0 Å². The van der Waals surface area contributed by atoms with E-state index in [4.69, 9.17) is 11.6 Å². The quantitative estimate of drug-likeness (QED) is 0.678. The molecule has 6 nitrogen and oxygen atoms in total. The Morgan fingerprint density at radius 3 is 2.68 bits per heavy atom. The Morgan fingerprint density at radius 1 is 1.18 bits per heavy atom. The standard InChI is InChI=1S/C19H16ClN3O3S2/c20-17-3-1-2-14-12-23(10-8-16(14)17)18(24)13-4-6-15(7-5-13)28(25,26)22-19-21-9-11-27-19/h1-7,9,11H,8,10,12H2,(H,21,22). The third kappa shape index (κ3) is 3.76. The van der Waals surface area contributed by atoms with Crippen LogP contribution in [0.2, 0.25) is 5.02 Å². The number of carbonyl (C=O) groups is 1. The van der Waals surface area contributed by atoms with E-state index in [9.17, 15) is 13.2 Å². The maximum atomic E-state index is 12.8. The number of halogens is 1. The molecule has 3 aromatic rings. The van der Waals surface area contributed by atoms with Crippen LogP contribution in [0.1, 0.15) is 21.5 Å². The molecule has 0 unspecified atom stereocenters. The lowest BCUT2D eigenvalue weighted by Gasteiger charge is -2.29. The fourth-order valence-electron chi connectivity index (χ4n) is 3.14. The summed E-state index contributed by atoms with van der Waals surface area (Å²) in [5, 5.41) is 2.71. The van der Waals surface area contributed by atoms with Crippen molar-refractivity contribution < 1.29 is 13.2 Å². The molecule has 144 valence electrons. The van der Waals surface area contributed by atoms with Gasteiger partial charge in [-0.15, -0.1) is 11.3 Å². The van der Waals surface area contributed by atoms with Crippen molar-refractivity contribution in [2.24, 2.45) is 0 Å². The summed E-state index contributed by atoms with van der Waals surface area (Å²) in [5.41, 5.74) is 2.57. The monoisotopic (exact) mass is 433 g/mol. The molecule has 1 aliphatic rings. The van der Waals surface area contributed by atoms with Crippen molar-refractivity contribution >= 4 is 44.0 Å². The van der Waals surface area contributed by atoms with E-state index >= 15 is 0 Å². The summed E-state index contributed by atoms with van der Waals surface area (Å²) in [6.07, 6.45) is 2.22. The minimum atomic E-state index is -3.74. The van der Waals surface area contributed by atoms with Crippen LogP contribution in [-0.2, 0) is 23.0 Å². The summed E-state index contributed by atoms with van der Waals surface area (Å²) in [6, 6.07) is 11.6. The fourth-order valence-corrected chi connectivity index (χ4v) is 5.22. The summed E-state index contributed by atoms with van der Waals surface area (Å²) < 4.78 is 27.2. The highest BCUT2D eigenvalue weighted by atomic mass is 35.5. The number of fused-ring (bicyclic) bond motifs is 1. The fraction of sp³-hybridized carbons (Fsp3) is 0.158. The number of benzene rings is 2. The number of aromatic nitrogens is 1. The zero-order valence-corrected chi connectivity index (χ0v) is 17.0. The van der Waals surface area contributed by atoms with Crippen LogP contribution in [0, 0.1) is 0 Å². The van der Waals surface area contributed by atoms with E-state index in [1.54, 1.807) is 10.3 Å². The van der Waals surface area contributed by atoms with Crippen molar-refractivity contribution in [2.75, 3.05) is 11.3 Å². The normalized spacial score (nSPS) is 13.8. The first kappa shape index (κ1) is 18.9. The minimum Gasteiger partial charge on any atom is -0.334 e. The second-order valence-electron chi connectivity index (χ2n) is 6.32. The number of hydrogen-bond acceptors (Lipinski definition) is 5. The van der Waals surface area contributed by atoms with Gasteiger partial charge in [0.15, 0.2) is 5.13 Å². The smallest absolute Gasteiger partial charge is 0.263 e. The molecule has 0 spiro atoms. The van der Waals surface area contributed by atoms with Gasteiger partial charge in [0.2, 0.25) is 0 Å². The van der Waals surface area contributed by atoms with Gasteiger partial charge < -0.3 is 4.90 Å². The number of nitrogens with one attached hydrogen (secondary N) is 1. The largest absolute Gasteiger partial charge is 0.334 e. The van der Waals surface area contributed by atoms with Gasteiger partial charge in [0.05, 0.1) is 4.90 Å². The van der Waals surface area contributed by atoms with Crippen LogP contribution in [0.3, 0.4) is 0 Å². The molecule has 0 bridgehead atoms. The van der Waals surface area contributed by atoms with Crippen LogP contribution in [0.25, 0.3) is 0 Å². The zero-order chi connectivity index (χ0) is 19.7. The van der Waals surface area contributed by atoms with E-state index < -0.39 is 10.0 Å². The molecule has 9 heteroatoms. The Hall–Kier alpha value is -2.42. The Balaban J connectivity index is 1.50. The molecule has 1 aliphatic heterocycles. The molecule has 28 heavy (non-hydrogen) atoms. The van der Waals surface area contributed by atoms with E-state index in [0.717, 1.165) is 16.1 Å². The third-order valence-corrected chi connectivity index (χ3v) is 7.09.